The lowest BCUT2D eigenvalue weighted by molar-refractivity contribution is -0.110. The molecular weight excluding hydrogens is 180 g/mol. The lowest BCUT2D eigenvalue weighted by Gasteiger charge is -2.05. The van der Waals surface area contributed by atoms with Crippen molar-refractivity contribution in [1.29, 1.82) is 0 Å². The van der Waals surface area contributed by atoms with Gasteiger partial charge in [-0.3, -0.25) is 4.79 Å². The van der Waals surface area contributed by atoms with Crippen LogP contribution in [0.2, 0.25) is 0 Å². The van der Waals surface area contributed by atoms with Crippen LogP contribution in [0.1, 0.15) is 30.9 Å². The fourth-order valence-electron chi connectivity index (χ4n) is 1.20. The van der Waals surface area contributed by atoms with Gasteiger partial charge in [-0.15, -0.1) is 12.6 Å². The first-order valence-corrected chi connectivity index (χ1v) is 4.85. The third-order valence-corrected chi connectivity index (χ3v) is 2.16. The van der Waals surface area contributed by atoms with E-state index in [0.717, 1.165) is 5.56 Å². The molecule has 0 heterocycles. The maximum Gasteiger partial charge on any atom is 0.190 e. The Bertz CT molecular complexity index is 287. The van der Waals surface area contributed by atoms with Gasteiger partial charge in [-0.05, 0) is 17.0 Å². The zero-order valence-corrected chi connectivity index (χ0v) is 8.84. The van der Waals surface area contributed by atoms with Crippen LogP contribution in [-0.4, -0.2) is 5.12 Å². The normalized spacial score (nSPS) is 10.5. The second kappa shape index (κ2) is 4.47. The average molecular weight is 194 g/mol. The highest BCUT2D eigenvalue weighted by molar-refractivity contribution is 7.96. The lowest BCUT2D eigenvalue weighted by atomic mass is 10.0. The summed E-state index contributed by atoms with van der Waals surface area (Å²) in [6.07, 6.45) is 0.418. The number of carbonyl (C=O) groups excluding carboxylic acids is 1. The number of carbonyl (C=O) groups is 1. The Kier molecular flexibility index (Phi) is 3.55. The van der Waals surface area contributed by atoms with Crippen LogP contribution in [0.25, 0.3) is 0 Å². The summed E-state index contributed by atoms with van der Waals surface area (Å²) < 4.78 is 0. The smallest absolute Gasteiger partial charge is 0.190 e. The monoisotopic (exact) mass is 194 g/mol. The molecule has 1 aromatic carbocycles. The van der Waals surface area contributed by atoms with E-state index in [1.807, 2.05) is 12.1 Å². The molecule has 0 N–H and O–H groups in total. The van der Waals surface area contributed by atoms with Gasteiger partial charge in [0.25, 0.3) is 0 Å². The summed E-state index contributed by atoms with van der Waals surface area (Å²) in [4.78, 5) is 10.7. The van der Waals surface area contributed by atoms with Gasteiger partial charge >= 0.3 is 0 Å². The van der Waals surface area contributed by atoms with E-state index in [1.165, 1.54) is 5.56 Å². The molecular formula is C11H14OS. The zero-order valence-electron chi connectivity index (χ0n) is 7.95. The van der Waals surface area contributed by atoms with Crippen molar-refractivity contribution < 1.29 is 4.79 Å². The lowest BCUT2D eigenvalue weighted by Crippen LogP contribution is -1.94. The van der Waals surface area contributed by atoms with Crippen molar-refractivity contribution in [3.05, 3.63) is 35.4 Å². The predicted octanol–water partition coefficient (Wildman–Crippen LogP) is 2.81. The third-order valence-electron chi connectivity index (χ3n) is 2.00. The highest BCUT2D eigenvalue weighted by atomic mass is 32.1. The molecule has 0 aromatic heterocycles. The fraction of sp³-hybridized carbons (Fsp3) is 0.364. The molecule has 1 aromatic rings. The van der Waals surface area contributed by atoms with Gasteiger partial charge in [0.15, 0.2) is 5.12 Å². The van der Waals surface area contributed by atoms with Crippen LogP contribution < -0.4 is 0 Å². The van der Waals surface area contributed by atoms with Gasteiger partial charge in [-0.25, -0.2) is 0 Å². The molecule has 0 aliphatic rings. The van der Waals surface area contributed by atoms with Crippen LogP contribution in [0.3, 0.4) is 0 Å². The molecule has 0 radical (unpaired) electrons. The van der Waals surface area contributed by atoms with E-state index in [9.17, 15) is 4.79 Å². The highest BCUT2D eigenvalue weighted by Gasteiger charge is 2.00. The van der Waals surface area contributed by atoms with Crippen LogP contribution in [-0.2, 0) is 11.2 Å². The molecule has 0 aliphatic heterocycles. The molecule has 70 valence electrons. The molecule has 0 unspecified atom stereocenters. The van der Waals surface area contributed by atoms with Crippen LogP contribution >= 0.6 is 12.6 Å². The summed E-state index contributed by atoms with van der Waals surface area (Å²) in [7, 11) is 0. The molecule has 2 heteroatoms. The Hall–Kier alpha value is -0.760. The Labute approximate surface area is 84.6 Å². The molecule has 1 nitrogen and oxygen atoms in total. The van der Waals surface area contributed by atoms with E-state index in [2.05, 4.69) is 38.6 Å². The summed E-state index contributed by atoms with van der Waals surface area (Å²) in [5, 5.41) is -0.0858. The van der Waals surface area contributed by atoms with Crippen LogP contribution in [0.5, 0.6) is 0 Å². The fourth-order valence-corrected chi connectivity index (χ4v) is 1.38. The summed E-state index contributed by atoms with van der Waals surface area (Å²) in [6.45, 7) is 4.30. The molecule has 1 rings (SSSR count). The molecule has 0 saturated carbocycles. The molecule has 0 aliphatic carbocycles. The summed E-state index contributed by atoms with van der Waals surface area (Å²) in [5.74, 6) is 0.542. The van der Waals surface area contributed by atoms with Crippen molar-refractivity contribution in [2.45, 2.75) is 26.2 Å². The van der Waals surface area contributed by atoms with Crippen molar-refractivity contribution in [1.82, 2.24) is 0 Å². The number of benzene rings is 1. The Morgan fingerprint density at radius 3 is 2.23 bits per heavy atom. The Morgan fingerprint density at radius 2 is 1.85 bits per heavy atom. The first-order chi connectivity index (χ1) is 6.09. The minimum atomic E-state index is -0.0858. The van der Waals surface area contributed by atoms with Crippen LogP contribution in [0.4, 0.5) is 0 Å². The van der Waals surface area contributed by atoms with Gasteiger partial charge in [0.05, 0.1) is 0 Å². The molecule has 0 atom stereocenters. The van der Waals surface area contributed by atoms with E-state index < -0.39 is 0 Å². The molecule has 0 saturated heterocycles. The number of rotatable bonds is 3. The first kappa shape index (κ1) is 10.3. The van der Waals surface area contributed by atoms with Crippen molar-refractivity contribution in [2.24, 2.45) is 0 Å². The van der Waals surface area contributed by atoms with Gasteiger partial charge < -0.3 is 0 Å². The maximum absolute atomic E-state index is 10.7. The SMILES string of the molecule is CC(C)c1ccc(CC(=O)S)cc1. The molecule has 0 bridgehead atoms. The predicted molar refractivity (Wildman–Crippen MR) is 58.2 cm³/mol. The minimum absolute atomic E-state index is 0.0858. The summed E-state index contributed by atoms with van der Waals surface area (Å²) in [5.41, 5.74) is 2.33. The van der Waals surface area contributed by atoms with Gasteiger partial charge in [-0.2, -0.15) is 0 Å². The Balaban J connectivity index is 2.75. The molecule has 0 spiro atoms. The highest BCUT2D eigenvalue weighted by Crippen LogP contribution is 2.15. The topological polar surface area (TPSA) is 17.1 Å². The van der Waals surface area contributed by atoms with Crippen molar-refractivity contribution >= 4 is 17.7 Å². The van der Waals surface area contributed by atoms with Crippen LogP contribution in [0.15, 0.2) is 24.3 Å². The second-order valence-corrected chi connectivity index (χ2v) is 3.97. The van der Waals surface area contributed by atoms with Gasteiger partial charge in [0.1, 0.15) is 0 Å². The largest absolute Gasteiger partial charge is 0.287 e. The Morgan fingerprint density at radius 1 is 1.31 bits per heavy atom. The number of hydrogen-bond acceptors (Lipinski definition) is 1. The van der Waals surface area contributed by atoms with Gasteiger partial charge in [0.2, 0.25) is 0 Å². The van der Waals surface area contributed by atoms with E-state index in [1.54, 1.807) is 0 Å². The standard InChI is InChI=1S/C11H14OS/c1-8(2)10-5-3-9(4-6-10)7-11(12)13/h3-6,8H,7H2,1-2H3,(H,12,13). The van der Waals surface area contributed by atoms with Crippen molar-refractivity contribution in [2.75, 3.05) is 0 Å². The van der Waals surface area contributed by atoms with Gasteiger partial charge in [-0.1, -0.05) is 38.1 Å². The number of hydrogen-bond donors (Lipinski definition) is 1. The third kappa shape index (κ3) is 3.23. The summed E-state index contributed by atoms with van der Waals surface area (Å²) in [6, 6.07) is 8.11. The second-order valence-electron chi connectivity index (χ2n) is 3.47. The number of thiol groups is 1. The molecule has 0 amide bonds. The molecule has 0 fully saturated rings. The van der Waals surface area contributed by atoms with Gasteiger partial charge in [0, 0.05) is 6.42 Å². The van der Waals surface area contributed by atoms with E-state index in [4.69, 9.17) is 0 Å². The zero-order chi connectivity index (χ0) is 9.84. The maximum atomic E-state index is 10.7. The summed E-state index contributed by atoms with van der Waals surface area (Å²) >= 11 is 3.74. The minimum Gasteiger partial charge on any atom is -0.287 e. The molecule has 13 heavy (non-hydrogen) atoms. The van der Waals surface area contributed by atoms with Crippen molar-refractivity contribution in [3.8, 4) is 0 Å². The average Bonchev–Trinajstić information content (AvgIpc) is 2.04. The van der Waals surface area contributed by atoms with E-state index in [0.29, 0.717) is 12.3 Å². The van der Waals surface area contributed by atoms with Crippen molar-refractivity contribution in [3.63, 3.8) is 0 Å². The van der Waals surface area contributed by atoms with E-state index >= 15 is 0 Å². The van der Waals surface area contributed by atoms with E-state index in [-0.39, 0.29) is 5.12 Å². The quantitative estimate of drug-likeness (QED) is 0.732. The van der Waals surface area contributed by atoms with Crippen LogP contribution in [0, 0.1) is 0 Å². The first-order valence-electron chi connectivity index (χ1n) is 4.40.